The number of aryl methyl sites for hydroxylation is 1. The Morgan fingerprint density at radius 2 is 1.03 bits per heavy atom. The summed E-state index contributed by atoms with van der Waals surface area (Å²) in [5.41, 5.74) is 5.08. The molecule has 0 aromatic heterocycles. The third kappa shape index (κ3) is 9.80. The second kappa shape index (κ2) is 16.8. The molecule has 0 bridgehead atoms. The van der Waals surface area contributed by atoms with Crippen LogP contribution in [0.25, 0.3) is 11.1 Å². The van der Waals surface area contributed by atoms with Gasteiger partial charge in [0.05, 0.1) is 0 Å². The number of hydrogen-bond donors (Lipinski definition) is 1. The zero-order valence-electron chi connectivity index (χ0n) is 21.0. The van der Waals surface area contributed by atoms with Gasteiger partial charge in [-0.3, -0.25) is 0 Å². The highest BCUT2D eigenvalue weighted by Gasteiger charge is 2.14. The van der Waals surface area contributed by atoms with E-state index in [0.717, 1.165) is 24.0 Å². The van der Waals surface area contributed by atoms with E-state index in [-0.39, 0.29) is 0 Å². The Kier molecular flexibility index (Phi) is 13.9. The van der Waals surface area contributed by atoms with Gasteiger partial charge in [-0.05, 0) is 48.4 Å². The van der Waals surface area contributed by atoms with Crippen molar-refractivity contribution >= 4 is 0 Å². The topological polar surface area (TPSA) is 20.2 Å². The highest BCUT2D eigenvalue weighted by Crippen LogP contribution is 2.36. The van der Waals surface area contributed by atoms with Crippen molar-refractivity contribution in [1.82, 2.24) is 0 Å². The van der Waals surface area contributed by atoms with E-state index in [9.17, 15) is 5.11 Å². The van der Waals surface area contributed by atoms with Crippen LogP contribution in [0.2, 0.25) is 0 Å². The first-order valence-corrected chi connectivity index (χ1v) is 13.7. The van der Waals surface area contributed by atoms with Gasteiger partial charge in [0.25, 0.3) is 0 Å². The lowest BCUT2D eigenvalue weighted by Gasteiger charge is -2.17. The van der Waals surface area contributed by atoms with Crippen LogP contribution < -0.4 is 0 Å². The lowest BCUT2D eigenvalue weighted by Crippen LogP contribution is -2.00. The van der Waals surface area contributed by atoms with Crippen LogP contribution >= 0.6 is 0 Å². The lowest BCUT2D eigenvalue weighted by molar-refractivity contribution is 0.476. The van der Waals surface area contributed by atoms with E-state index >= 15 is 0 Å². The van der Waals surface area contributed by atoms with Gasteiger partial charge in [-0.2, -0.15) is 0 Å². The van der Waals surface area contributed by atoms with E-state index in [1.54, 1.807) is 0 Å². The Bertz CT molecular complexity index is 719. The molecule has 0 heterocycles. The van der Waals surface area contributed by atoms with Crippen LogP contribution in [-0.2, 0) is 12.8 Å². The molecular weight excluding hydrogens is 388 g/mol. The lowest BCUT2D eigenvalue weighted by atomic mass is 9.88. The molecule has 2 aromatic carbocycles. The number of hydrogen-bond acceptors (Lipinski definition) is 1. The predicted octanol–water partition coefficient (Wildman–Crippen LogP) is 10.0. The van der Waals surface area contributed by atoms with Crippen molar-refractivity contribution in [1.29, 1.82) is 0 Å². The van der Waals surface area contributed by atoms with Gasteiger partial charge in [-0.1, -0.05) is 134 Å². The molecular formula is C31H48O. The zero-order chi connectivity index (χ0) is 22.9. The molecule has 0 fully saturated rings. The largest absolute Gasteiger partial charge is 0.507 e. The first-order valence-electron chi connectivity index (χ1n) is 13.7. The number of aromatic hydroxyl groups is 1. The van der Waals surface area contributed by atoms with Crippen molar-refractivity contribution in [3.8, 4) is 16.9 Å². The van der Waals surface area contributed by atoms with Crippen molar-refractivity contribution in [3.63, 3.8) is 0 Å². The van der Waals surface area contributed by atoms with Crippen LogP contribution in [0.1, 0.15) is 121 Å². The van der Waals surface area contributed by atoms with Gasteiger partial charge in [-0.15, -0.1) is 0 Å². The van der Waals surface area contributed by atoms with Gasteiger partial charge < -0.3 is 5.11 Å². The monoisotopic (exact) mass is 436 g/mol. The average molecular weight is 437 g/mol. The normalized spacial score (nSPS) is 11.2. The fourth-order valence-electron chi connectivity index (χ4n) is 4.83. The van der Waals surface area contributed by atoms with Gasteiger partial charge in [0, 0.05) is 5.56 Å². The molecule has 0 unspecified atom stereocenters. The van der Waals surface area contributed by atoms with Crippen LogP contribution in [0.5, 0.6) is 5.75 Å². The molecule has 1 nitrogen and oxygen atoms in total. The molecule has 0 aliphatic rings. The highest BCUT2D eigenvalue weighted by atomic mass is 16.3. The van der Waals surface area contributed by atoms with Crippen LogP contribution in [-0.4, -0.2) is 5.11 Å². The summed E-state index contributed by atoms with van der Waals surface area (Å²) in [6, 6.07) is 14.6. The third-order valence-corrected chi connectivity index (χ3v) is 6.78. The summed E-state index contributed by atoms with van der Waals surface area (Å²) in [7, 11) is 0. The van der Waals surface area contributed by atoms with Crippen molar-refractivity contribution in [2.75, 3.05) is 0 Å². The summed E-state index contributed by atoms with van der Waals surface area (Å²) in [6.07, 6.45) is 22.3. The van der Waals surface area contributed by atoms with Gasteiger partial charge in [0.2, 0.25) is 0 Å². The Morgan fingerprint density at radius 1 is 0.531 bits per heavy atom. The van der Waals surface area contributed by atoms with Crippen LogP contribution in [0, 0.1) is 0 Å². The predicted molar refractivity (Wildman–Crippen MR) is 142 cm³/mol. The molecule has 0 aliphatic carbocycles. The van der Waals surface area contributed by atoms with E-state index in [0.29, 0.717) is 5.75 Å². The van der Waals surface area contributed by atoms with Gasteiger partial charge >= 0.3 is 0 Å². The fraction of sp³-hybridized carbons (Fsp3) is 0.613. The summed E-state index contributed by atoms with van der Waals surface area (Å²) < 4.78 is 0. The maximum absolute atomic E-state index is 10.8. The van der Waals surface area contributed by atoms with Crippen molar-refractivity contribution < 1.29 is 5.11 Å². The smallest absolute Gasteiger partial charge is 0.123 e. The molecule has 0 saturated carbocycles. The summed E-state index contributed by atoms with van der Waals surface area (Å²) in [5, 5.41) is 10.8. The highest BCUT2D eigenvalue weighted by molar-refractivity contribution is 5.75. The molecule has 2 rings (SSSR count). The Morgan fingerprint density at radius 3 is 1.59 bits per heavy atom. The maximum Gasteiger partial charge on any atom is 0.123 e. The molecule has 2 aromatic rings. The first-order chi connectivity index (χ1) is 15.8. The number of benzene rings is 2. The minimum Gasteiger partial charge on any atom is -0.507 e. The van der Waals surface area contributed by atoms with Crippen molar-refractivity contribution in [2.45, 2.75) is 123 Å². The molecule has 0 radical (unpaired) electrons. The standard InChI is InChI=1S/C31H48O/c1-3-5-7-9-11-13-15-20-24-29-27(21-17-14-12-10-8-6-4-2)25-26-30(32)31(29)28-22-18-16-19-23-28/h16,18-19,22-23,25-26,32H,3-15,17,20-21,24H2,1-2H3. The van der Waals surface area contributed by atoms with Crippen molar-refractivity contribution in [2.24, 2.45) is 0 Å². The summed E-state index contributed by atoms with van der Waals surface area (Å²) in [6.45, 7) is 4.56. The molecule has 0 spiro atoms. The molecule has 0 saturated heterocycles. The quantitative estimate of drug-likeness (QED) is 0.230. The van der Waals surface area contributed by atoms with Gasteiger partial charge in [0.1, 0.15) is 5.75 Å². The SMILES string of the molecule is CCCCCCCCCCc1c(CCCCCCCCC)ccc(O)c1-c1ccccc1. The minimum atomic E-state index is 0.439. The molecule has 178 valence electrons. The van der Waals surface area contributed by atoms with E-state index in [1.165, 1.54) is 107 Å². The second-order valence-electron chi connectivity index (χ2n) is 9.56. The first kappa shape index (κ1) is 26.5. The number of rotatable bonds is 18. The summed E-state index contributed by atoms with van der Waals surface area (Å²) in [4.78, 5) is 0. The van der Waals surface area contributed by atoms with Crippen LogP contribution in [0.15, 0.2) is 42.5 Å². The summed E-state index contributed by atoms with van der Waals surface area (Å²) in [5.74, 6) is 0.439. The Balaban J connectivity index is 1.98. The third-order valence-electron chi connectivity index (χ3n) is 6.78. The number of unbranched alkanes of at least 4 members (excludes halogenated alkanes) is 13. The zero-order valence-corrected chi connectivity index (χ0v) is 21.0. The second-order valence-corrected chi connectivity index (χ2v) is 9.56. The van der Waals surface area contributed by atoms with E-state index in [4.69, 9.17) is 0 Å². The molecule has 32 heavy (non-hydrogen) atoms. The van der Waals surface area contributed by atoms with Gasteiger partial charge in [0.15, 0.2) is 0 Å². The van der Waals surface area contributed by atoms with E-state index < -0.39 is 0 Å². The van der Waals surface area contributed by atoms with E-state index in [1.807, 2.05) is 6.07 Å². The molecule has 0 amide bonds. The maximum atomic E-state index is 10.8. The Hall–Kier alpha value is -1.76. The fourth-order valence-corrected chi connectivity index (χ4v) is 4.83. The summed E-state index contributed by atoms with van der Waals surface area (Å²) >= 11 is 0. The average Bonchev–Trinajstić information content (AvgIpc) is 2.82. The Labute approximate surface area is 198 Å². The molecule has 0 atom stereocenters. The molecule has 0 aliphatic heterocycles. The minimum absolute atomic E-state index is 0.439. The molecule has 1 heteroatoms. The number of phenols is 1. The number of phenolic OH excluding ortho intramolecular Hbond substituents is 1. The van der Waals surface area contributed by atoms with E-state index in [2.05, 4.69) is 50.2 Å². The van der Waals surface area contributed by atoms with Gasteiger partial charge in [-0.25, -0.2) is 0 Å². The van der Waals surface area contributed by atoms with Crippen molar-refractivity contribution in [3.05, 3.63) is 53.6 Å². The molecule has 1 N–H and O–H groups in total. The van der Waals surface area contributed by atoms with Crippen LogP contribution in [0.4, 0.5) is 0 Å². The van der Waals surface area contributed by atoms with Crippen LogP contribution in [0.3, 0.4) is 0 Å².